The molecule has 0 unspecified atom stereocenters. The number of nitrogens with two attached hydrogens (primary N) is 1. The fourth-order valence-electron chi connectivity index (χ4n) is 4.58. The Morgan fingerprint density at radius 1 is 1.24 bits per heavy atom. The van der Waals surface area contributed by atoms with Crippen LogP contribution >= 0.6 is 0 Å². The van der Waals surface area contributed by atoms with E-state index in [0.29, 0.717) is 28.6 Å². The van der Waals surface area contributed by atoms with Crippen molar-refractivity contribution in [2.24, 2.45) is 0 Å². The molecule has 4 N–H and O–H groups in total. The number of hydrogen-bond acceptors (Lipinski definition) is 6. The first kappa shape index (κ1) is 20.6. The molecule has 0 atom stereocenters. The van der Waals surface area contributed by atoms with E-state index in [1.165, 1.54) is 18.5 Å². The van der Waals surface area contributed by atoms with Crippen LogP contribution in [0.25, 0.3) is 22.2 Å². The Hall–Kier alpha value is -3.95. The molecular formula is C24H24FN7O2. The summed E-state index contributed by atoms with van der Waals surface area (Å²) >= 11 is 0. The van der Waals surface area contributed by atoms with Crippen LogP contribution in [0.5, 0.6) is 0 Å². The van der Waals surface area contributed by atoms with Crippen LogP contribution in [-0.4, -0.2) is 25.7 Å². The minimum Gasteiger partial charge on any atom is -0.383 e. The van der Waals surface area contributed by atoms with Gasteiger partial charge in [0.25, 0.3) is 0 Å². The normalized spacial score (nSPS) is 16.9. The number of rotatable bonds is 5. The Labute approximate surface area is 194 Å². The molecule has 2 amide bonds. The zero-order valence-corrected chi connectivity index (χ0v) is 18.6. The molecule has 2 saturated carbocycles. The Balaban J connectivity index is 1.22. The topological polar surface area (TPSA) is 124 Å². The standard InChI is InChI=1S/C24H24FN7O2/c1-24(7-2-8-24)18-10-19(31-34-18)30-23(33)29-17-6-3-13(9-16(17)25)15-11-32(14-4-5-14)22-20(15)21(26)27-12-28-22/h3,6,9-12,14H,2,4-5,7-8H2,1H3,(H2,26,27,28)(H2,29,30,31,33). The molecule has 9 nitrogen and oxygen atoms in total. The third-order valence-electron chi connectivity index (χ3n) is 6.91. The second kappa shape index (κ2) is 7.54. The molecule has 6 rings (SSSR count). The maximum atomic E-state index is 15.0. The number of urea groups is 1. The van der Waals surface area contributed by atoms with Crippen molar-refractivity contribution in [3.8, 4) is 11.1 Å². The molecule has 0 radical (unpaired) electrons. The van der Waals surface area contributed by atoms with Gasteiger partial charge in [-0.1, -0.05) is 24.6 Å². The molecule has 2 aliphatic rings. The number of halogens is 1. The first-order valence-electron chi connectivity index (χ1n) is 11.4. The van der Waals surface area contributed by atoms with E-state index in [9.17, 15) is 9.18 Å². The number of anilines is 3. The van der Waals surface area contributed by atoms with E-state index in [2.05, 4.69) is 37.2 Å². The lowest BCUT2D eigenvalue weighted by molar-refractivity contribution is 0.203. The summed E-state index contributed by atoms with van der Waals surface area (Å²) in [5, 5.41) is 9.75. The Morgan fingerprint density at radius 2 is 2.06 bits per heavy atom. The van der Waals surface area contributed by atoms with E-state index in [4.69, 9.17) is 10.3 Å². The van der Waals surface area contributed by atoms with Gasteiger partial charge in [0.2, 0.25) is 0 Å². The molecule has 174 valence electrons. The van der Waals surface area contributed by atoms with Crippen molar-refractivity contribution in [2.45, 2.75) is 50.5 Å². The van der Waals surface area contributed by atoms with Gasteiger partial charge in [-0.05, 0) is 43.4 Å². The summed E-state index contributed by atoms with van der Waals surface area (Å²) in [6, 6.07) is 6.13. The van der Waals surface area contributed by atoms with Crippen molar-refractivity contribution in [3.63, 3.8) is 0 Å². The third kappa shape index (κ3) is 3.46. The maximum absolute atomic E-state index is 15.0. The average Bonchev–Trinajstić information content (AvgIpc) is 3.39. The van der Waals surface area contributed by atoms with Crippen LogP contribution in [0.15, 0.2) is 41.3 Å². The van der Waals surface area contributed by atoms with Gasteiger partial charge in [0.15, 0.2) is 5.82 Å². The van der Waals surface area contributed by atoms with E-state index in [0.717, 1.165) is 49.1 Å². The number of carbonyl (C=O) groups excluding carboxylic acids is 1. The predicted molar refractivity (Wildman–Crippen MR) is 126 cm³/mol. The van der Waals surface area contributed by atoms with Gasteiger partial charge in [-0.15, -0.1) is 0 Å². The van der Waals surface area contributed by atoms with Crippen LogP contribution in [-0.2, 0) is 5.41 Å². The average molecular weight is 462 g/mol. The number of carbonyl (C=O) groups is 1. The van der Waals surface area contributed by atoms with Crippen molar-refractivity contribution in [1.82, 2.24) is 19.7 Å². The molecule has 0 spiro atoms. The minimum absolute atomic E-state index is 0.0254. The van der Waals surface area contributed by atoms with Crippen LogP contribution in [0.4, 0.5) is 26.5 Å². The second-order valence-electron chi connectivity index (χ2n) is 9.40. The summed E-state index contributed by atoms with van der Waals surface area (Å²) in [4.78, 5) is 20.9. The highest BCUT2D eigenvalue weighted by Crippen LogP contribution is 2.44. The number of amides is 2. The highest BCUT2D eigenvalue weighted by atomic mass is 19.1. The number of fused-ring (bicyclic) bond motifs is 1. The lowest BCUT2D eigenvalue weighted by Gasteiger charge is -2.35. The van der Waals surface area contributed by atoms with Crippen molar-refractivity contribution in [2.75, 3.05) is 16.4 Å². The van der Waals surface area contributed by atoms with Crippen LogP contribution < -0.4 is 16.4 Å². The van der Waals surface area contributed by atoms with Crippen molar-refractivity contribution in [1.29, 1.82) is 0 Å². The van der Waals surface area contributed by atoms with Crippen LogP contribution in [0.2, 0.25) is 0 Å². The van der Waals surface area contributed by atoms with Gasteiger partial charge in [0.1, 0.15) is 29.4 Å². The van der Waals surface area contributed by atoms with Gasteiger partial charge in [0.05, 0.1) is 11.1 Å². The zero-order chi connectivity index (χ0) is 23.4. The highest BCUT2D eigenvalue weighted by molar-refractivity contribution is 6.02. The SMILES string of the molecule is CC1(c2cc(NC(=O)Nc3ccc(-c4cn(C5CC5)c5ncnc(N)c45)cc3F)no2)CCC1. The first-order valence-corrected chi connectivity index (χ1v) is 11.4. The summed E-state index contributed by atoms with van der Waals surface area (Å²) in [7, 11) is 0. The molecule has 0 aliphatic heterocycles. The molecule has 1 aromatic carbocycles. The largest absolute Gasteiger partial charge is 0.383 e. The Morgan fingerprint density at radius 3 is 2.76 bits per heavy atom. The lowest BCUT2D eigenvalue weighted by atomic mass is 9.69. The Bertz CT molecular complexity index is 1420. The van der Waals surface area contributed by atoms with Gasteiger partial charge < -0.3 is 20.1 Å². The molecule has 34 heavy (non-hydrogen) atoms. The van der Waals surface area contributed by atoms with Crippen LogP contribution in [0, 0.1) is 5.82 Å². The highest BCUT2D eigenvalue weighted by Gasteiger charge is 2.37. The summed E-state index contributed by atoms with van der Waals surface area (Å²) in [5.74, 6) is 0.821. The molecular weight excluding hydrogens is 437 g/mol. The number of benzene rings is 1. The van der Waals surface area contributed by atoms with Crippen molar-refractivity contribution in [3.05, 3.63) is 48.4 Å². The summed E-state index contributed by atoms with van der Waals surface area (Å²) in [6.07, 6.45) is 8.75. The van der Waals surface area contributed by atoms with Gasteiger partial charge in [-0.2, -0.15) is 0 Å². The maximum Gasteiger partial charge on any atom is 0.325 e. The van der Waals surface area contributed by atoms with E-state index in [1.54, 1.807) is 12.1 Å². The predicted octanol–water partition coefficient (Wildman–Crippen LogP) is 5.23. The lowest BCUT2D eigenvalue weighted by Crippen LogP contribution is -2.29. The summed E-state index contributed by atoms with van der Waals surface area (Å²) < 4.78 is 22.5. The van der Waals surface area contributed by atoms with E-state index >= 15 is 0 Å². The fraction of sp³-hybridized carbons (Fsp3) is 0.333. The zero-order valence-electron chi connectivity index (χ0n) is 18.6. The molecule has 0 bridgehead atoms. The first-order chi connectivity index (χ1) is 16.4. The van der Waals surface area contributed by atoms with Gasteiger partial charge >= 0.3 is 6.03 Å². The molecule has 10 heteroatoms. The summed E-state index contributed by atoms with van der Waals surface area (Å²) in [6.45, 7) is 2.11. The monoisotopic (exact) mass is 461 g/mol. The van der Waals surface area contributed by atoms with Crippen molar-refractivity contribution < 1.29 is 13.7 Å². The van der Waals surface area contributed by atoms with Crippen LogP contribution in [0.1, 0.15) is 50.8 Å². The Kier molecular flexibility index (Phi) is 4.58. The van der Waals surface area contributed by atoms with Gasteiger partial charge in [0, 0.05) is 29.3 Å². The number of nitrogens with one attached hydrogen (secondary N) is 2. The molecule has 4 aromatic rings. The van der Waals surface area contributed by atoms with E-state index < -0.39 is 11.8 Å². The minimum atomic E-state index is -0.603. The fourth-order valence-corrected chi connectivity index (χ4v) is 4.58. The van der Waals surface area contributed by atoms with Gasteiger partial charge in [-0.3, -0.25) is 5.32 Å². The van der Waals surface area contributed by atoms with E-state index in [-0.39, 0.29) is 11.1 Å². The molecule has 3 heterocycles. The number of aromatic nitrogens is 4. The molecule has 0 saturated heterocycles. The van der Waals surface area contributed by atoms with Crippen molar-refractivity contribution >= 4 is 34.4 Å². The quantitative estimate of drug-likeness (QED) is 0.374. The second-order valence-corrected chi connectivity index (χ2v) is 9.40. The van der Waals surface area contributed by atoms with Gasteiger partial charge in [-0.25, -0.2) is 19.2 Å². The third-order valence-corrected chi connectivity index (χ3v) is 6.91. The number of hydrogen-bond donors (Lipinski definition) is 3. The number of nitrogen functional groups attached to an aromatic ring is 1. The van der Waals surface area contributed by atoms with Crippen LogP contribution in [0.3, 0.4) is 0 Å². The smallest absolute Gasteiger partial charge is 0.325 e. The molecule has 2 fully saturated rings. The summed E-state index contributed by atoms with van der Waals surface area (Å²) in [5.41, 5.74) is 8.29. The molecule has 2 aliphatic carbocycles. The van der Waals surface area contributed by atoms with E-state index in [1.807, 2.05) is 6.20 Å². The number of nitrogens with zero attached hydrogens (tertiary/aromatic N) is 4. The molecule has 3 aromatic heterocycles.